The van der Waals surface area contributed by atoms with Crippen LogP contribution >= 0.6 is 11.6 Å². The van der Waals surface area contributed by atoms with Gasteiger partial charge in [0.15, 0.2) is 0 Å². The normalized spacial score (nSPS) is 9.67. The molecule has 0 radical (unpaired) electrons. The quantitative estimate of drug-likeness (QED) is 0.802. The summed E-state index contributed by atoms with van der Waals surface area (Å²) in [6, 6.07) is 6.77. The molecule has 98 valence electrons. The van der Waals surface area contributed by atoms with Gasteiger partial charge in [-0.25, -0.2) is 4.79 Å². The van der Waals surface area contributed by atoms with E-state index in [-0.39, 0.29) is 5.91 Å². The molecule has 0 unspecified atom stereocenters. The van der Waals surface area contributed by atoms with Crippen molar-refractivity contribution in [3.8, 4) is 0 Å². The Balaban J connectivity index is 2.30. The van der Waals surface area contributed by atoms with Gasteiger partial charge in [-0.15, -0.1) is 0 Å². The molecule has 5 nitrogen and oxygen atoms in total. The number of nitrogens with one attached hydrogen (secondary N) is 2. The highest BCUT2D eigenvalue weighted by Crippen LogP contribution is 2.14. The molecular weight excluding hydrogens is 256 g/mol. The van der Waals surface area contributed by atoms with E-state index in [1.54, 1.807) is 31.2 Å². The lowest BCUT2D eigenvalue weighted by Gasteiger charge is -2.07. The van der Waals surface area contributed by atoms with Crippen molar-refractivity contribution in [1.29, 1.82) is 0 Å². The van der Waals surface area contributed by atoms with E-state index in [2.05, 4.69) is 15.4 Å². The van der Waals surface area contributed by atoms with E-state index in [1.807, 2.05) is 0 Å². The van der Waals surface area contributed by atoms with Gasteiger partial charge in [-0.1, -0.05) is 23.7 Å². The van der Waals surface area contributed by atoms with Gasteiger partial charge in [-0.3, -0.25) is 4.79 Å². The van der Waals surface area contributed by atoms with Crippen LogP contribution in [0.15, 0.2) is 24.3 Å². The minimum atomic E-state index is -0.496. The molecule has 0 bridgehead atoms. The first-order chi connectivity index (χ1) is 8.65. The smallest absolute Gasteiger partial charge is 0.407 e. The second-order valence-electron chi connectivity index (χ2n) is 3.38. The molecule has 0 fully saturated rings. The van der Waals surface area contributed by atoms with Crippen molar-refractivity contribution in [2.24, 2.45) is 0 Å². The Morgan fingerprint density at radius 2 is 1.89 bits per heavy atom. The number of amides is 2. The van der Waals surface area contributed by atoms with E-state index in [0.717, 1.165) is 0 Å². The van der Waals surface area contributed by atoms with Crippen LogP contribution in [-0.4, -0.2) is 31.7 Å². The lowest BCUT2D eigenvalue weighted by atomic mass is 10.2. The van der Waals surface area contributed by atoms with Gasteiger partial charge in [0.2, 0.25) is 0 Å². The number of hydrogen-bond acceptors (Lipinski definition) is 3. The molecule has 1 aromatic carbocycles. The molecule has 18 heavy (non-hydrogen) atoms. The van der Waals surface area contributed by atoms with Gasteiger partial charge in [-0.2, -0.15) is 0 Å². The number of carbonyl (C=O) groups excluding carboxylic acids is 2. The lowest BCUT2D eigenvalue weighted by molar-refractivity contribution is 0.0952. The monoisotopic (exact) mass is 270 g/mol. The van der Waals surface area contributed by atoms with E-state index < -0.39 is 6.09 Å². The van der Waals surface area contributed by atoms with Crippen molar-refractivity contribution in [3.05, 3.63) is 34.9 Å². The van der Waals surface area contributed by atoms with Crippen LogP contribution in [0.1, 0.15) is 17.3 Å². The van der Waals surface area contributed by atoms with Crippen molar-refractivity contribution in [1.82, 2.24) is 10.6 Å². The SMILES string of the molecule is CCOC(=O)NCCNC(=O)c1ccccc1Cl. The van der Waals surface area contributed by atoms with E-state index in [4.69, 9.17) is 11.6 Å². The van der Waals surface area contributed by atoms with Gasteiger partial charge in [0.1, 0.15) is 0 Å². The third-order valence-electron chi connectivity index (χ3n) is 2.07. The highest BCUT2D eigenvalue weighted by atomic mass is 35.5. The third kappa shape index (κ3) is 4.63. The zero-order chi connectivity index (χ0) is 13.4. The molecule has 2 N–H and O–H groups in total. The molecule has 0 saturated carbocycles. The van der Waals surface area contributed by atoms with E-state index in [0.29, 0.717) is 30.3 Å². The second kappa shape index (κ2) is 7.55. The Morgan fingerprint density at radius 3 is 2.56 bits per heavy atom. The predicted molar refractivity (Wildman–Crippen MR) is 68.8 cm³/mol. The highest BCUT2D eigenvalue weighted by molar-refractivity contribution is 6.33. The summed E-state index contributed by atoms with van der Waals surface area (Å²) in [5.41, 5.74) is 0.412. The second-order valence-corrected chi connectivity index (χ2v) is 3.79. The van der Waals surface area contributed by atoms with Crippen molar-refractivity contribution < 1.29 is 14.3 Å². The van der Waals surface area contributed by atoms with Crippen LogP contribution in [0.5, 0.6) is 0 Å². The van der Waals surface area contributed by atoms with Gasteiger partial charge in [0.25, 0.3) is 5.91 Å². The molecule has 0 saturated heterocycles. The van der Waals surface area contributed by atoms with Crippen LogP contribution < -0.4 is 10.6 Å². The molecule has 1 aromatic rings. The van der Waals surface area contributed by atoms with E-state index in [1.165, 1.54) is 0 Å². The summed E-state index contributed by atoms with van der Waals surface area (Å²) in [6.07, 6.45) is -0.496. The largest absolute Gasteiger partial charge is 0.450 e. The van der Waals surface area contributed by atoms with Crippen LogP contribution in [0.25, 0.3) is 0 Å². The Hall–Kier alpha value is -1.75. The van der Waals surface area contributed by atoms with Gasteiger partial charge in [0, 0.05) is 13.1 Å². The van der Waals surface area contributed by atoms with E-state index in [9.17, 15) is 9.59 Å². The average molecular weight is 271 g/mol. The number of halogens is 1. The number of rotatable bonds is 5. The highest BCUT2D eigenvalue weighted by Gasteiger charge is 2.08. The first kappa shape index (κ1) is 14.3. The standard InChI is InChI=1S/C12H15ClN2O3/c1-2-18-12(17)15-8-7-14-11(16)9-5-3-4-6-10(9)13/h3-6H,2,7-8H2,1H3,(H,14,16)(H,15,17). The van der Waals surface area contributed by atoms with Crippen molar-refractivity contribution in [3.63, 3.8) is 0 Å². The number of benzene rings is 1. The van der Waals surface area contributed by atoms with Gasteiger partial charge >= 0.3 is 6.09 Å². The van der Waals surface area contributed by atoms with Crippen molar-refractivity contribution in [2.75, 3.05) is 19.7 Å². The lowest BCUT2D eigenvalue weighted by Crippen LogP contribution is -2.35. The maximum Gasteiger partial charge on any atom is 0.407 e. The molecule has 0 aromatic heterocycles. The van der Waals surface area contributed by atoms with Crippen LogP contribution in [0.4, 0.5) is 4.79 Å². The summed E-state index contributed by atoms with van der Waals surface area (Å²) in [5, 5.41) is 5.54. The zero-order valence-corrected chi connectivity index (χ0v) is 10.8. The van der Waals surface area contributed by atoms with Gasteiger partial charge < -0.3 is 15.4 Å². The zero-order valence-electron chi connectivity index (χ0n) is 10.0. The molecular formula is C12H15ClN2O3. The Bertz CT molecular complexity index is 424. The van der Waals surface area contributed by atoms with Crippen LogP contribution in [0, 0.1) is 0 Å². The fourth-order valence-electron chi connectivity index (χ4n) is 1.26. The summed E-state index contributed by atoms with van der Waals surface area (Å²) in [5.74, 6) is -0.272. The molecule has 0 aliphatic rings. The third-order valence-corrected chi connectivity index (χ3v) is 2.40. The van der Waals surface area contributed by atoms with Crippen LogP contribution in [0.2, 0.25) is 5.02 Å². The average Bonchev–Trinajstić information content (AvgIpc) is 2.35. The molecule has 0 atom stereocenters. The molecule has 6 heteroatoms. The minimum Gasteiger partial charge on any atom is -0.450 e. The first-order valence-corrected chi connectivity index (χ1v) is 5.96. The Morgan fingerprint density at radius 1 is 1.22 bits per heavy atom. The maximum absolute atomic E-state index is 11.7. The molecule has 2 amide bonds. The number of ether oxygens (including phenoxy) is 1. The van der Waals surface area contributed by atoms with E-state index >= 15 is 0 Å². The number of carbonyl (C=O) groups is 2. The fourth-order valence-corrected chi connectivity index (χ4v) is 1.48. The predicted octanol–water partition coefficient (Wildman–Crippen LogP) is 1.82. The fraction of sp³-hybridized carbons (Fsp3) is 0.333. The number of hydrogen-bond donors (Lipinski definition) is 2. The maximum atomic E-state index is 11.7. The topological polar surface area (TPSA) is 67.4 Å². The number of alkyl carbamates (subject to hydrolysis) is 1. The van der Waals surface area contributed by atoms with Crippen LogP contribution in [0.3, 0.4) is 0 Å². The van der Waals surface area contributed by atoms with Crippen molar-refractivity contribution >= 4 is 23.6 Å². The molecule has 0 spiro atoms. The van der Waals surface area contributed by atoms with Gasteiger partial charge in [-0.05, 0) is 19.1 Å². The first-order valence-electron chi connectivity index (χ1n) is 5.58. The summed E-state index contributed by atoms with van der Waals surface area (Å²) in [6.45, 7) is 2.65. The Labute approximate surface area is 110 Å². The summed E-state index contributed by atoms with van der Waals surface area (Å²) in [7, 11) is 0. The minimum absolute atomic E-state index is 0.272. The molecule has 0 heterocycles. The summed E-state index contributed by atoms with van der Waals surface area (Å²) < 4.78 is 4.67. The Kier molecular flexibility index (Phi) is 6.00. The van der Waals surface area contributed by atoms with Crippen molar-refractivity contribution in [2.45, 2.75) is 6.92 Å². The summed E-state index contributed by atoms with van der Waals surface area (Å²) >= 11 is 5.87. The van der Waals surface area contributed by atoms with Gasteiger partial charge in [0.05, 0.1) is 17.2 Å². The summed E-state index contributed by atoms with van der Waals surface area (Å²) in [4.78, 5) is 22.6. The molecule has 1 rings (SSSR count). The molecule has 0 aliphatic carbocycles. The molecule has 0 aliphatic heterocycles. The van der Waals surface area contributed by atoms with Crippen LogP contribution in [-0.2, 0) is 4.74 Å².